The van der Waals surface area contributed by atoms with Crippen molar-refractivity contribution in [1.82, 2.24) is 4.72 Å². The summed E-state index contributed by atoms with van der Waals surface area (Å²) in [6.45, 7) is 0.146. The van der Waals surface area contributed by atoms with Crippen LogP contribution >= 0.6 is 0 Å². The molecule has 1 aromatic carbocycles. The summed E-state index contributed by atoms with van der Waals surface area (Å²) < 4.78 is 32.3. The third-order valence-corrected chi connectivity index (χ3v) is 4.68. The van der Waals surface area contributed by atoms with Gasteiger partial charge in [-0.1, -0.05) is 0 Å². The third-order valence-electron chi connectivity index (χ3n) is 3.18. The summed E-state index contributed by atoms with van der Waals surface area (Å²) >= 11 is 0. The average molecular weight is 354 g/mol. The van der Waals surface area contributed by atoms with Crippen LogP contribution in [0, 0.1) is 0 Å². The van der Waals surface area contributed by atoms with Crippen molar-refractivity contribution < 1.29 is 27.8 Å². The van der Waals surface area contributed by atoms with E-state index >= 15 is 0 Å². The number of anilines is 1. The van der Waals surface area contributed by atoms with Crippen LogP contribution in [0.15, 0.2) is 45.9 Å². The van der Waals surface area contributed by atoms with Crippen LogP contribution in [0.5, 0.6) is 0 Å². The number of hydrogen-bond acceptors (Lipinski definition) is 6. The quantitative estimate of drug-likeness (QED) is 0.499. The highest BCUT2D eigenvalue weighted by atomic mass is 32.2. The van der Waals surface area contributed by atoms with E-state index in [2.05, 4.69) is 10.0 Å². The Morgan fingerprint density at radius 3 is 2.67 bits per heavy atom. The largest absolute Gasteiger partial charge is 0.478 e. The molecule has 1 aromatic heterocycles. The van der Waals surface area contributed by atoms with Gasteiger partial charge in [0.15, 0.2) is 0 Å². The van der Waals surface area contributed by atoms with Gasteiger partial charge >= 0.3 is 5.97 Å². The molecule has 1 heterocycles. The van der Waals surface area contributed by atoms with E-state index in [1.807, 2.05) is 0 Å². The molecule has 9 heteroatoms. The zero-order valence-electron chi connectivity index (χ0n) is 12.7. The first-order chi connectivity index (χ1) is 11.4. The van der Waals surface area contributed by atoms with E-state index in [0.29, 0.717) is 5.76 Å². The summed E-state index contributed by atoms with van der Waals surface area (Å²) in [6.07, 6.45) is 1.76. The van der Waals surface area contributed by atoms with Crippen molar-refractivity contribution in [3.05, 3.63) is 47.9 Å². The zero-order chi connectivity index (χ0) is 17.6. The van der Waals surface area contributed by atoms with Crippen molar-refractivity contribution in [2.45, 2.75) is 17.9 Å². The predicted molar refractivity (Wildman–Crippen MR) is 86.3 cm³/mol. The molecule has 0 unspecified atom stereocenters. The number of rotatable bonds is 9. The maximum atomic E-state index is 12.4. The molecule has 2 rings (SSSR count). The van der Waals surface area contributed by atoms with Gasteiger partial charge < -0.3 is 19.9 Å². The molecule has 0 saturated heterocycles. The van der Waals surface area contributed by atoms with Gasteiger partial charge in [-0.05, 0) is 36.8 Å². The number of carboxylic acid groups (broad SMARTS) is 1. The lowest BCUT2D eigenvalue weighted by Gasteiger charge is -2.13. The molecule has 4 N–H and O–H groups in total. The van der Waals surface area contributed by atoms with Crippen LogP contribution in [0.1, 0.15) is 22.5 Å². The Bertz CT molecular complexity index is 786. The average Bonchev–Trinajstić information content (AvgIpc) is 3.06. The monoisotopic (exact) mass is 354 g/mol. The molecule has 24 heavy (non-hydrogen) atoms. The molecule has 0 bridgehead atoms. The molecule has 0 saturated carbocycles. The smallest absolute Gasteiger partial charge is 0.335 e. The van der Waals surface area contributed by atoms with Gasteiger partial charge in [0, 0.05) is 13.2 Å². The van der Waals surface area contributed by atoms with E-state index in [-0.39, 0.29) is 42.3 Å². The SMILES string of the molecule is O=C(O)c1ccc(NCc2ccco2)c(S(=O)(=O)NCCCO)c1. The van der Waals surface area contributed by atoms with Crippen molar-refractivity contribution in [2.75, 3.05) is 18.5 Å². The summed E-state index contributed by atoms with van der Waals surface area (Å²) in [7, 11) is -3.93. The fourth-order valence-electron chi connectivity index (χ4n) is 1.98. The molecular formula is C15H18N2O6S. The number of hydrogen-bond donors (Lipinski definition) is 4. The fourth-order valence-corrected chi connectivity index (χ4v) is 3.26. The number of sulfonamides is 1. The van der Waals surface area contributed by atoms with Gasteiger partial charge in [-0.25, -0.2) is 17.9 Å². The normalized spacial score (nSPS) is 11.4. The molecular weight excluding hydrogens is 336 g/mol. The zero-order valence-corrected chi connectivity index (χ0v) is 13.5. The number of benzene rings is 1. The van der Waals surface area contributed by atoms with E-state index in [1.54, 1.807) is 12.1 Å². The molecule has 0 aliphatic heterocycles. The lowest BCUT2D eigenvalue weighted by atomic mass is 10.2. The molecule has 0 atom stereocenters. The number of aromatic carboxylic acids is 1. The van der Waals surface area contributed by atoms with Crippen LogP contribution in [0.3, 0.4) is 0 Å². The summed E-state index contributed by atoms with van der Waals surface area (Å²) in [6, 6.07) is 7.24. The number of carbonyl (C=O) groups is 1. The van der Waals surface area contributed by atoms with Gasteiger partial charge in [-0.2, -0.15) is 0 Å². The van der Waals surface area contributed by atoms with Gasteiger partial charge in [0.2, 0.25) is 10.0 Å². The molecule has 0 aliphatic rings. The lowest BCUT2D eigenvalue weighted by Crippen LogP contribution is -2.26. The number of nitrogens with one attached hydrogen (secondary N) is 2. The van der Waals surface area contributed by atoms with E-state index in [4.69, 9.17) is 14.6 Å². The number of aliphatic hydroxyl groups excluding tert-OH is 1. The lowest BCUT2D eigenvalue weighted by molar-refractivity contribution is 0.0696. The molecule has 0 radical (unpaired) electrons. The van der Waals surface area contributed by atoms with Gasteiger partial charge in [0.1, 0.15) is 10.7 Å². The van der Waals surface area contributed by atoms with Crippen molar-refractivity contribution in [3.63, 3.8) is 0 Å². The maximum Gasteiger partial charge on any atom is 0.335 e. The Kier molecular flexibility index (Phi) is 5.96. The minimum absolute atomic E-state index is 0.0494. The number of carboxylic acids is 1. The first-order valence-corrected chi connectivity index (χ1v) is 8.66. The first kappa shape index (κ1) is 18.0. The second-order valence-corrected chi connectivity index (χ2v) is 6.66. The molecule has 130 valence electrons. The van der Waals surface area contributed by atoms with Crippen molar-refractivity contribution >= 4 is 21.7 Å². The maximum absolute atomic E-state index is 12.4. The Morgan fingerprint density at radius 2 is 2.04 bits per heavy atom. The van der Waals surface area contributed by atoms with Crippen molar-refractivity contribution in [2.24, 2.45) is 0 Å². The fraction of sp³-hybridized carbons (Fsp3) is 0.267. The van der Waals surface area contributed by atoms with Crippen LogP contribution in [-0.4, -0.2) is 37.8 Å². The second-order valence-electron chi connectivity index (χ2n) is 4.92. The van der Waals surface area contributed by atoms with E-state index in [9.17, 15) is 13.2 Å². The molecule has 8 nitrogen and oxygen atoms in total. The van der Waals surface area contributed by atoms with Gasteiger partial charge in [-0.15, -0.1) is 0 Å². The Hall–Kier alpha value is -2.36. The Labute approximate surface area is 139 Å². The molecule has 0 aliphatic carbocycles. The third kappa shape index (κ3) is 4.57. The molecule has 0 spiro atoms. The van der Waals surface area contributed by atoms with Crippen LogP contribution in [-0.2, 0) is 16.6 Å². The van der Waals surface area contributed by atoms with E-state index in [0.717, 1.165) is 6.07 Å². The van der Waals surface area contributed by atoms with Gasteiger partial charge in [-0.3, -0.25) is 0 Å². The number of aliphatic hydroxyl groups is 1. The minimum Gasteiger partial charge on any atom is -0.478 e. The Morgan fingerprint density at radius 1 is 1.25 bits per heavy atom. The van der Waals surface area contributed by atoms with E-state index < -0.39 is 16.0 Å². The highest BCUT2D eigenvalue weighted by molar-refractivity contribution is 7.89. The molecule has 2 aromatic rings. The van der Waals surface area contributed by atoms with E-state index in [1.165, 1.54) is 18.4 Å². The summed E-state index contributed by atoms with van der Waals surface area (Å²) in [4.78, 5) is 10.9. The highest BCUT2D eigenvalue weighted by Crippen LogP contribution is 2.24. The van der Waals surface area contributed by atoms with Crippen molar-refractivity contribution in [3.8, 4) is 0 Å². The summed E-state index contributed by atoms with van der Waals surface area (Å²) in [5, 5.41) is 20.8. The molecule has 0 amide bonds. The van der Waals surface area contributed by atoms with Crippen LogP contribution in [0.2, 0.25) is 0 Å². The van der Waals surface area contributed by atoms with Crippen LogP contribution in [0.4, 0.5) is 5.69 Å². The molecule has 0 fully saturated rings. The Balaban J connectivity index is 2.30. The predicted octanol–water partition coefficient (Wildman–Crippen LogP) is 1.25. The first-order valence-electron chi connectivity index (χ1n) is 7.18. The summed E-state index contributed by atoms with van der Waals surface area (Å²) in [5.74, 6) is -0.617. The standard InChI is InChI=1S/C15H18N2O6S/c18-7-2-6-17-24(21,22)14-9-11(15(19)20)4-5-13(14)16-10-12-3-1-8-23-12/h1,3-5,8-9,16-18H,2,6-7,10H2,(H,19,20). The summed E-state index contributed by atoms with van der Waals surface area (Å²) in [5.41, 5.74) is 0.119. The second kappa shape index (κ2) is 7.95. The van der Waals surface area contributed by atoms with Gasteiger partial charge in [0.05, 0.1) is 24.1 Å². The minimum atomic E-state index is -3.93. The topological polar surface area (TPSA) is 129 Å². The van der Waals surface area contributed by atoms with Crippen LogP contribution in [0.25, 0.3) is 0 Å². The van der Waals surface area contributed by atoms with Crippen LogP contribution < -0.4 is 10.0 Å². The van der Waals surface area contributed by atoms with Gasteiger partial charge in [0.25, 0.3) is 0 Å². The highest BCUT2D eigenvalue weighted by Gasteiger charge is 2.20. The number of furan rings is 1. The van der Waals surface area contributed by atoms with Crippen molar-refractivity contribution in [1.29, 1.82) is 0 Å².